The molecule has 0 spiro atoms. The number of fused-ring (bicyclic) bond motifs is 1. The van der Waals surface area contributed by atoms with Gasteiger partial charge in [0.25, 0.3) is 17.7 Å². The number of pyridine rings is 1. The molecule has 224 valence electrons. The fourth-order valence-corrected chi connectivity index (χ4v) is 4.80. The van der Waals surface area contributed by atoms with Gasteiger partial charge in [-0.15, -0.1) is 0 Å². The predicted octanol–water partition coefficient (Wildman–Crippen LogP) is 2.16. The SMILES string of the molecule is COc1ncc(-c2cc(C(=O)N3CC(F)(F)C3)c3c(N)ncnn23)cc1C(=O)N[C@@H]1CN(C(=O)OC(C)(C)C)C[C@@H]1F. The van der Waals surface area contributed by atoms with Crippen LogP contribution >= 0.6 is 0 Å². The van der Waals surface area contributed by atoms with Crippen LogP contribution in [0.15, 0.2) is 24.7 Å². The van der Waals surface area contributed by atoms with Gasteiger partial charge >= 0.3 is 6.09 Å². The molecule has 0 saturated carbocycles. The number of aromatic nitrogens is 4. The molecule has 0 bridgehead atoms. The largest absolute Gasteiger partial charge is 0.480 e. The van der Waals surface area contributed by atoms with Gasteiger partial charge in [0.1, 0.15) is 29.2 Å². The monoisotopic (exact) mass is 590 g/mol. The van der Waals surface area contributed by atoms with E-state index in [1.165, 1.54) is 34.9 Å². The standard InChI is InChI=1S/C26H29F3N8O5/c1-25(2,3)42-24(40)35-8-16(27)17(9-35)34-21(38)15-5-13(7-31-22(15)41-4)18-6-14(19-20(30)32-12-33-37(18)19)23(39)36-10-26(28,29)11-36/h5-7,12,16-17H,8-11H2,1-4H3,(H,34,38)(H2,30,32,33)/t16-,17+/m0/s1. The van der Waals surface area contributed by atoms with E-state index in [1.807, 2.05) is 0 Å². The number of methoxy groups -OCH3 is 1. The number of ether oxygens (including phenoxy) is 2. The summed E-state index contributed by atoms with van der Waals surface area (Å²) in [5.41, 5.74) is 5.84. The van der Waals surface area contributed by atoms with Gasteiger partial charge in [0, 0.05) is 18.3 Å². The molecular formula is C26H29F3N8O5. The number of nitrogen functional groups attached to an aromatic ring is 1. The number of anilines is 1. The Balaban J connectivity index is 1.43. The predicted molar refractivity (Wildman–Crippen MR) is 142 cm³/mol. The molecule has 3 N–H and O–H groups in total. The quantitative estimate of drug-likeness (QED) is 0.454. The third kappa shape index (κ3) is 5.47. The number of carbonyl (C=O) groups excluding carboxylic acids is 3. The summed E-state index contributed by atoms with van der Waals surface area (Å²) in [6.45, 7) is 3.23. The number of alkyl halides is 3. The van der Waals surface area contributed by atoms with Crippen molar-refractivity contribution < 1.29 is 37.0 Å². The Morgan fingerprint density at radius 3 is 2.45 bits per heavy atom. The van der Waals surface area contributed by atoms with Crippen molar-refractivity contribution in [2.45, 2.75) is 44.5 Å². The number of hydrogen-bond donors (Lipinski definition) is 2. The molecule has 0 aromatic carbocycles. The van der Waals surface area contributed by atoms with Gasteiger partial charge in [-0.1, -0.05) is 0 Å². The smallest absolute Gasteiger partial charge is 0.410 e. The minimum absolute atomic E-state index is 0.00567. The highest BCUT2D eigenvalue weighted by Gasteiger charge is 2.47. The van der Waals surface area contributed by atoms with E-state index in [4.69, 9.17) is 15.2 Å². The Morgan fingerprint density at radius 2 is 1.81 bits per heavy atom. The first-order chi connectivity index (χ1) is 19.7. The summed E-state index contributed by atoms with van der Waals surface area (Å²) in [6, 6.07) is 1.78. The molecule has 0 radical (unpaired) electrons. The van der Waals surface area contributed by atoms with E-state index in [2.05, 4.69) is 20.4 Å². The highest BCUT2D eigenvalue weighted by atomic mass is 19.3. The van der Waals surface area contributed by atoms with E-state index in [0.29, 0.717) is 5.56 Å². The minimum atomic E-state index is -2.97. The molecule has 2 aliphatic heterocycles. The van der Waals surface area contributed by atoms with Crippen molar-refractivity contribution in [1.29, 1.82) is 0 Å². The van der Waals surface area contributed by atoms with Gasteiger partial charge in [0.2, 0.25) is 5.88 Å². The van der Waals surface area contributed by atoms with Crippen molar-refractivity contribution in [1.82, 2.24) is 34.7 Å². The van der Waals surface area contributed by atoms with Gasteiger partial charge in [-0.3, -0.25) is 9.59 Å². The lowest BCUT2D eigenvalue weighted by molar-refractivity contribution is -0.113. The average molecular weight is 591 g/mol. The summed E-state index contributed by atoms with van der Waals surface area (Å²) in [7, 11) is 1.30. The zero-order chi connectivity index (χ0) is 30.6. The number of nitrogens with two attached hydrogens (primary N) is 1. The van der Waals surface area contributed by atoms with Crippen molar-refractivity contribution >= 4 is 29.2 Å². The molecule has 2 saturated heterocycles. The lowest BCUT2D eigenvalue weighted by Crippen LogP contribution is -2.58. The van der Waals surface area contributed by atoms with Gasteiger partial charge < -0.3 is 30.3 Å². The summed E-state index contributed by atoms with van der Waals surface area (Å²) in [6.07, 6.45) is 0.261. The highest BCUT2D eigenvalue weighted by Crippen LogP contribution is 2.34. The van der Waals surface area contributed by atoms with Crippen LogP contribution < -0.4 is 15.8 Å². The minimum Gasteiger partial charge on any atom is -0.480 e. The third-order valence-corrected chi connectivity index (χ3v) is 6.75. The molecule has 2 atom stereocenters. The number of nitrogens with zero attached hydrogens (tertiary/aromatic N) is 6. The van der Waals surface area contributed by atoms with Gasteiger partial charge in [0.05, 0.1) is 44.0 Å². The van der Waals surface area contributed by atoms with Gasteiger partial charge in [-0.2, -0.15) is 5.10 Å². The molecule has 42 heavy (non-hydrogen) atoms. The van der Waals surface area contributed by atoms with Crippen molar-refractivity contribution in [3.05, 3.63) is 35.8 Å². The summed E-state index contributed by atoms with van der Waals surface area (Å²) in [5, 5.41) is 6.75. The Kier molecular flexibility index (Phi) is 7.10. The normalized spacial score (nSPS) is 19.9. The Morgan fingerprint density at radius 1 is 1.10 bits per heavy atom. The molecule has 2 aliphatic rings. The molecule has 0 aliphatic carbocycles. The average Bonchev–Trinajstić information content (AvgIpc) is 3.47. The number of hydrogen-bond acceptors (Lipinski definition) is 9. The molecule has 5 rings (SSSR count). The summed E-state index contributed by atoms with van der Waals surface area (Å²) < 4.78 is 53.6. The second kappa shape index (κ2) is 10.3. The van der Waals surface area contributed by atoms with Crippen LogP contribution in [0.25, 0.3) is 16.8 Å². The highest BCUT2D eigenvalue weighted by molar-refractivity contribution is 6.05. The number of amides is 3. The summed E-state index contributed by atoms with van der Waals surface area (Å²) in [4.78, 5) is 49.1. The van der Waals surface area contributed by atoms with E-state index in [1.54, 1.807) is 20.8 Å². The van der Waals surface area contributed by atoms with E-state index < -0.39 is 54.7 Å². The van der Waals surface area contributed by atoms with Gasteiger partial charge in [-0.25, -0.2) is 32.4 Å². The number of halogens is 3. The fraction of sp³-hybridized carbons (Fsp3) is 0.462. The van der Waals surface area contributed by atoms with Crippen molar-refractivity contribution in [3.8, 4) is 17.1 Å². The van der Waals surface area contributed by atoms with Crippen LogP contribution in [0, 0.1) is 0 Å². The maximum absolute atomic E-state index is 14.8. The maximum atomic E-state index is 14.8. The van der Waals surface area contributed by atoms with Gasteiger partial charge in [0.15, 0.2) is 5.82 Å². The van der Waals surface area contributed by atoms with Crippen molar-refractivity contribution in [2.24, 2.45) is 0 Å². The molecule has 2 fully saturated rings. The molecule has 3 amide bonds. The molecular weight excluding hydrogens is 561 g/mol. The number of nitrogens with one attached hydrogen (secondary N) is 1. The summed E-state index contributed by atoms with van der Waals surface area (Å²) in [5.74, 6) is -4.51. The Labute approximate surface area is 237 Å². The van der Waals surface area contributed by atoms with Crippen molar-refractivity contribution in [2.75, 3.05) is 39.0 Å². The van der Waals surface area contributed by atoms with E-state index in [9.17, 15) is 27.6 Å². The van der Waals surface area contributed by atoms with Crippen LogP contribution in [-0.4, -0.2) is 104 Å². The fourth-order valence-electron chi connectivity index (χ4n) is 4.80. The van der Waals surface area contributed by atoms with Crippen LogP contribution in [0.4, 0.5) is 23.8 Å². The molecule has 13 nitrogen and oxygen atoms in total. The first-order valence-electron chi connectivity index (χ1n) is 12.9. The lowest BCUT2D eigenvalue weighted by Gasteiger charge is -2.38. The Hall–Kier alpha value is -4.63. The van der Waals surface area contributed by atoms with Crippen molar-refractivity contribution in [3.63, 3.8) is 0 Å². The van der Waals surface area contributed by atoms with E-state index in [-0.39, 0.29) is 47.1 Å². The third-order valence-electron chi connectivity index (χ3n) is 6.75. The molecule has 0 unspecified atom stereocenters. The van der Waals surface area contributed by atoms with Crippen LogP contribution in [0.2, 0.25) is 0 Å². The van der Waals surface area contributed by atoms with Gasteiger partial charge in [-0.05, 0) is 32.9 Å². The molecule has 5 heterocycles. The second-order valence-corrected chi connectivity index (χ2v) is 11.1. The maximum Gasteiger partial charge on any atom is 0.410 e. The number of carbonyl (C=O) groups is 3. The van der Waals surface area contributed by atoms with Crippen LogP contribution in [0.3, 0.4) is 0 Å². The number of likely N-dealkylation sites (tertiary alicyclic amines) is 2. The zero-order valence-electron chi connectivity index (χ0n) is 23.2. The van der Waals surface area contributed by atoms with E-state index in [0.717, 1.165) is 11.2 Å². The zero-order valence-corrected chi connectivity index (χ0v) is 23.2. The van der Waals surface area contributed by atoms with Crippen LogP contribution in [-0.2, 0) is 4.74 Å². The van der Waals surface area contributed by atoms with E-state index >= 15 is 0 Å². The molecule has 3 aromatic heterocycles. The first-order valence-corrected chi connectivity index (χ1v) is 12.9. The van der Waals surface area contributed by atoms with Crippen LogP contribution in [0.1, 0.15) is 41.5 Å². The second-order valence-electron chi connectivity index (χ2n) is 11.1. The first kappa shape index (κ1) is 28.9. The molecule has 16 heteroatoms. The number of rotatable bonds is 5. The topological polar surface area (TPSA) is 157 Å². The molecule has 3 aromatic rings. The summed E-state index contributed by atoms with van der Waals surface area (Å²) >= 11 is 0. The van der Waals surface area contributed by atoms with Crippen LogP contribution in [0.5, 0.6) is 5.88 Å². The Bertz CT molecular complexity index is 1570. The lowest BCUT2D eigenvalue weighted by atomic mass is 10.1.